The summed E-state index contributed by atoms with van der Waals surface area (Å²) in [4.78, 5) is 27.9. The van der Waals surface area contributed by atoms with E-state index >= 15 is 0 Å². The van der Waals surface area contributed by atoms with Crippen LogP contribution < -0.4 is 5.32 Å². The zero-order valence-electron chi connectivity index (χ0n) is 11.6. The molecule has 2 amide bonds. The van der Waals surface area contributed by atoms with Crippen LogP contribution in [-0.4, -0.2) is 74.6 Å². The van der Waals surface area contributed by atoms with Crippen molar-refractivity contribution in [3.05, 3.63) is 0 Å². The highest BCUT2D eigenvalue weighted by molar-refractivity contribution is 5.89. The Morgan fingerprint density at radius 3 is 3.05 bits per heavy atom. The van der Waals surface area contributed by atoms with E-state index in [1.807, 2.05) is 4.90 Å². The number of carbonyl (C=O) groups excluding carboxylic acids is 2. The summed E-state index contributed by atoms with van der Waals surface area (Å²) in [6.07, 6.45) is 1.34. The molecule has 6 heteroatoms. The zero-order chi connectivity index (χ0) is 13.7. The zero-order valence-corrected chi connectivity index (χ0v) is 11.6. The van der Waals surface area contributed by atoms with Crippen molar-refractivity contribution in [3.63, 3.8) is 0 Å². The Bertz CT molecular complexity index is 327. The van der Waals surface area contributed by atoms with E-state index in [4.69, 9.17) is 4.74 Å². The molecule has 2 fully saturated rings. The van der Waals surface area contributed by atoms with Crippen LogP contribution in [0.2, 0.25) is 0 Å². The van der Waals surface area contributed by atoms with Crippen molar-refractivity contribution < 1.29 is 14.3 Å². The molecular formula is C13H23N3O3. The van der Waals surface area contributed by atoms with E-state index in [2.05, 4.69) is 5.32 Å². The first-order valence-electron chi connectivity index (χ1n) is 6.98. The van der Waals surface area contributed by atoms with Crippen LogP contribution in [0.5, 0.6) is 0 Å². The fraction of sp³-hybridized carbons (Fsp3) is 0.846. The number of amides is 2. The van der Waals surface area contributed by atoms with Gasteiger partial charge >= 0.3 is 0 Å². The van der Waals surface area contributed by atoms with Gasteiger partial charge in [-0.05, 0) is 13.0 Å². The Morgan fingerprint density at radius 1 is 1.42 bits per heavy atom. The second-order valence-electron chi connectivity index (χ2n) is 5.16. The van der Waals surface area contributed by atoms with Gasteiger partial charge in [0.15, 0.2) is 0 Å². The molecule has 6 nitrogen and oxygen atoms in total. The van der Waals surface area contributed by atoms with E-state index < -0.39 is 0 Å². The molecule has 2 saturated heterocycles. The van der Waals surface area contributed by atoms with Crippen LogP contribution in [0.3, 0.4) is 0 Å². The molecule has 0 aromatic rings. The number of methoxy groups -OCH3 is 1. The summed E-state index contributed by atoms with van der Waals surface area (Å²) in [7, 11) is 1.62. The predicted octanol–water partition coefficient (Wildman–Crippen LogP) is -0.697. The molecule has 0 aromatic heterocycles. The molecule has 2 heterocycles. The van der Waals surface area contributed by atoms with Crippen LogP contribution in [0.1, 0.15) is 12.8 Å². The molecule has 2 aliphatic rings. The van der Waals surface area contributed by atoms with E-state index in [0.717, 1.165) is 32.6 Å². The number of rotatable bonds is 4. The van der Waals surface area contributed by atoms with E-state index in [-0.39, 0.29) is 17.7 Å². The van der Waals surface area contributed by atoms with Gasteiger partial charge in [-0.25, -0.2) is 0 Å². The van der Waals surface area contributed by atoms with Crippen LogP contribution in [-0.2, 0) is 14.3 Å². The topological polar surface area (TPSA) is 61.9 Å². The van der Waals surface area contributed by atoms with Gasteiger partial charge in [-0.1, -0.05) is 0 Å². The maximum Gasteiger partial charge on any atom is 0.228 e. The molecule has 108 valence electrons. The molecule has 1 atom stereocenters. The normalized spacial score (nSPS) is 24.7. The SMILES string of the molecule is COCCN1C[C@H](C(=O)N2CCCNCC2)CC1=O. The third-order valence-electron chi connectivity index (χ3n) is 3.78. The lowest BCUT2D eigenvalue weighted by molar-refractivity contribution is -0.135. The smallest absolute Gasteiger partial charge is 0.228 e. The molecule has 19 heavy (non-hydrogen) atoms. The van der Waals surface area contributed by atoms with E-state index in [1.165, 1.54) is 0 Å². The number of carbonyl (C=O) groups is 2. The van der Waals surface area contributed by atoms with Crippen molar-refractivity contribution in [2.24, 2.45) is 5.92 Å². The molecule has 2 aliphatic heterocycles. The molecule has 0 radical (unpaired) electrons. The highest BCUT2D eigenvalue weighted by Crippen LogP contribution is 2.20. The fourth-order valence-electron chi connectivity index (χ4n) is 2.68. The average molecular weight is 269 g/mol. The first kappa shape index (κ1) is 14.3. The maximum absolute atomic E-state index is 12.4. The van der Waals surface area contributed by atoms with Crippen molar-refractivity contribution in [1.82, 2.24) is 15.1 Å². The standard InChI is InChI=1S/C13H23N3O3/c1-19-8-7-16-10-11(9-12(16)17)13(18)15-5-2-3-14-4-6-15/h11,14H,2-10H2,1H3/t11-/m1/s1. The van der Waals surface area contributed by atoms with Crippen molar-refractivity contribution in [2.45, 2.75) is 12.8 Å². The Morgan fingerprint density at radius 2 is 2.26 bits per heavy atom. The van der Waals surface area contributed by atoms with Gasteiger partial charge in [-0.15, -0.1) is 0 Å². The molecule has 0 aliphatic carbocycles. The van der Waals surface area contributed by atoms with Gasteiger partial charge < -0.3 is 19.9 Å². The van der Waals surface area contributed by atoms with Crippen molar-refractivity contribution >= 4 is 11.8 Å². The lowest BCUT2D eigenvalue weighted by atomic mass is 10.1. The molecule has 0 unspecified atom stereocenters. The minimum Gasteiger partial charge on any atom is -0.383 e. The van der Waals surface area contributed by atoms with Crippen molar-refractivity contribution in [1.29, 1.82) is 0 Å². The second-order valence-corrected chi connectivity index (χ2v) is 5.16. The minimum atomic E-state index is -0.164. The van der Waals surface area contributed by atoms with Gasteiger partial charge in [0.2, 0.25) is 11.8 Å². The Hall–Kier alpha value is -1.14. The average Bonchev–Trinajstić information content (AvgIpc) is 2.64. The van der Waals surface area contributed by atoms with E-state index in [0.29, 0.717) is 26.1 Å². The molecular weight excluding hydrogens is 246 g/mol. The largest absolute Gasteiger partial charge is 0.383 e. The van der Waals surface area contributed by atoms with E-state index in [9.17, 15) is 9.59 Å². The highest BCUT2D eigenvalue weighted by atomic mass is 16.5. The van der Waals surface area contributed by atoms with E-state index in [1.54, 1.807) is 12.0 Å². The van der Waals surface area contributed by atoms with Gasteiger partial charge in [-0.3, -0.25) is 9.59 Å². The maximum atomic E-state index is 12.4. The Kier molecular flexibility index (Phi) is 5.15. The van der Waals surface area contributed by atoms with Crippen LogP contribution in [0.25, 0.3) is 0 Å². The summed E-state index contributed by atoms with van der Waals surface area (Å²) in [5.41, 5.74) is 0. The number of nitrogens with zero attached hydrogens (tertiary/aromatic N) is 2. The summed E-state index contributed by atoms with van der Waals surface area (Å²) in [6.45, 7) is 5.02. The van der Waals surface area contributed by atoms with Crippen LogP contribution >= 0.6 is 0 Å². The van der Waals surface area contributed by atoms with Gasteiger partial charge in [-0.2, -0.15) is 0 Å². The van der Waals surface area contributed by atoms with Crippen LogP contribution in [0.15, 0.2) is 0 Å². The van der Waals surface area contributed by atoms with Crippen molar-refractivity contribution in [3.8, 4) is 0 Å². The van der Waals surface area contributed by atoms with Gasteiger partial charge in [0.1, 0.15) is 0 Å². The first-order chi connectivity index (χ1) is 9.22. The van der Waals surface area contributed by atoms with Gasteiger partial charge in [0.25, 0.3) is 0 Å². The lowest BCUT2D eigenvalue weighted by Gasteiger charge is -2.23. The summed E-state index contributed by atoms with van der Waals surface area (Å²) in [5, 5.41) is 3.28. The fourth-order valence-corrected chi connectivity index (χ4v) is 2.68. The summed E-state index contributed by atoms with van der Waals surface area (Å²) in [6, 6.07) is 0. The van der Waals surface area contributed by atoms with Crippen LogP contribution in [0, 0.1) is 5.92 Å². The van der Waals surface area contributed by atoms with Crippen molar-refractivity contribution in [2.75, 3.05) is 53.0 Å². The Balaban J connectivity index is 1.87. The first-order valence-corrected chi connectivity index (χ1v) is 6.98. The second kappa shape index (κ2) is 6.86. The third kappa shape index (κ3) is 3.67. The monoisotopic (exact) mass is 269 g/mol. The summed E-state index contributed by atoms with van der Waals surface area (Å²) >= 11 is 0. The summed E-state index contributed by atoms with van der Waals surface area (Å²) < 4.78 is 4.98. The quantitative estimate of drug-likeness (QED) is 0.733. The number of hydrogen-bond donors (Lipinski definition) is 1. The molecule has 2 rings (SSSR count). The Labute approximate surface area is 114 Å². The number of hydrogen-bond acceptors (Lipinski definition) is 4. The lowest BCUT2D eigenvalue weighted by Crippen LogP contribution is -2.39. The molecule has 0 bridgehead atoms. The molecule has 1 N–H and O–H groups in total. The molecule has 0 saturated carbocycles. The number of nitrogens with one attached hydrogen (secondary N) is 1. The number of likely N-dealkylation sites (tertiary alicyclic amines) is 1. The van der Waals surface area contributed by atoms with Gasteiger partial charge in [0.05, 0.1) is 12.5 Å². The molecule has 0 aromatic carbocycles. The molecule has 0 spiro atoms. The predicted molar refractivity (Wildman–Crippen MR) is 70.6 cm³/mol. The highest BCUT2D eigenvalue weighted by Gasteiger charge is 2.36. The van der Waals surface area contributed by atoms with Gasteiger partial charge in [0, 0.05) is 46.3 Å². The number of ether oxygens (including phenoxy) is 1. The minimum absolute atomic E-state index is 0.0725. The summed E-state index contributed by atoms with van der Waals surface area (Å²) in [5.74, 6) is 0.0442. The van der Waals surface area contributed by atoms with Crippen LogP contribution in [0.4, 0.5) is 0 Å². The third-order valence-corrected chi connectivity index (χ3v) is 3.78.